The van der Waals surface area contributed by atoms with Gasteiger partial charge in [-0.3, -0.25) is 0 Å². The molecule has 0 fully saturated rings. The summed E-state index contributed by atoms with van der Waals surface area (Å²) in [5, 5.41) is 0. The second-order valence-electron chi connectivity index (χ2n) is 10.9. The maximum absolute atomic E-state index is 5.02. The van der Waals surface area contributed by atoms with Gasteiger partial charge in [0.2, 0.25) is 0 Å². The van der Waals surface area contributed by atoms with Gasteiger partial charge < -0.3 is 0 Å². The van der Waals surface area contributed by atoms with Gasteiger partial charge in [0, 0.05) is 16.7 Å². The third kappa shape index (κ3) is 4.99. The zero-order valence-corrected chi connectivity index (χ0v) is 23.5. The molecule has 8 rings (SSSR count). The molecule has 6 aromatic carbocycles. The lowest BCUT2D eigenvalue weighted by atomic mass is 9.95. The van der Waals surface area contributed by atoms with E-state index < -0.39 is 0 Å². The number of hydrogen-bond acceptors (Lipinski definition) is 3. The highest BCUT2D eigenvalue weighted by molar-refractivity contribution is 5.87. The molecular formula is C41H31N3. The van der Waals surface area contributed by atoms with Crippen LogP contribution < -0.4 is 0 Å². The maximum atomic E-state index is 5.02. The first-order chi connectivity index (χ1) is 21.3. The minimum Gasteiger partial charge on any atom is -0.208 e. The third-order valence-corrected chi connectivity index (χ3v) is 8.19. The number of rotatable bonds is 5. The van der Waals surface area contributed by atoms with Crippen molar-refractivity contribution >= 4 is 0 Å². The molecule has 7 aromatic rings. The molecule has 3 nitrogen and oxygen atoms in total. The van der Waals surface area contributed by atoms with E-state index in [0.717, 1.165) is 23.1 Å². The molecule has 0 N–H and O–H groups in total. The van der Waals surface area contributed by atoms with Crippen LogP contribution in [0.1, 0.15) is 18.6 Å². The normalized spacial score (nSPS) is 11.4. The van der Waals surface area contributed by atoms with Crippen molar-refractivity contribution in [3.05, 3.63) is 163 Å². The van der Waals surface area contributed by atoms with Gasteiger partial charge >= 0.3 is 0 Å². The fourth-order valence-electron chi connectivity index (χ4n) is 6.03. The first-order valence-corrected chi connectivity index (χ1v) is 14.6. The minimum absolute atomic E-state index is 0. The lowest BCUT2D eigenvalue weighted by molar-refractivity contribution is 1.07. The van der Waals surface area contributed by atoms with Crippen LogP contribution in [0.2, 0.25) is 0 Å². The molecule has 1 heterocycles. The number of fused-ring (bicyclic) bond motifs is 3. The number of hydrogen-bond donors (Lipinski definition) is 0. The van der Waals surface area contributed by atoms with Crippen molar-refractivity contribution in [2.75, 3.05) is 0 Å². The van der Waals surface area contributed by atoms with Crippen LogP contribution in [0.25, 0.3) is 67.5 Å². The second kappa shape index (κ2) is 11.5. The van der Waals surface area contributed by atoms with Crippen LogP contribution in [0.3, 0.4) is 0 Å². The predicted molar refractivity (Wildman–Crippen MR) is 182 cm³/mol. The van der Waals surface area contributed by atoms with Crippen molar-refractivity contribution in [1.29, 1.82) is 0 Å². The Balaban J connectivity index is 0.00000312. The molecule has 1 aliphatic carbocycles. The lowest BCUT2D eigenvalue weighted by Crippen LogP contribution is -2.01. The van der Waals surface area contributed by atoms with Gasteiger partial charge in [0.05, 0.1) is 0 Å². The van der Waals surface area contributed by atoms with E-state index in [-0.39, 0.29) is 7.43 Å². The molecule has 0 saturated heterocycles. The molecule has 3 heteroatoms. The van der Waals surface area contributed by atoms with Gasteiger partial charge in [0.15, 0.2) is 17.5 Å². The summed E-state index contributed by atoms with van der Waals surface area (Å²) in [6.45, 7) is 0. The predicted octanol–water partition coefficient (Wildman–Crippen LogP) is 10.4. The molecule has 210 valence electrons. The molecule has 0 unspecified atom stereocenters. The van der Waals surface area contributed by atoms with Gasteiger partial charge in [0.25, 0.3) is 0 Å². The fourth-order valence-corrected chi connectivity index (χ4v) is 6.03. The first-order valence-electron chi connectivity index (χ1n) is 14.6. The summed E-state index contributed by atoms with van der Waals surface area (Å²) in [5.74, 6) is 2.06. The summed E-state index contributed by atoms with van der Waals surface area (Å²) in [6.07, 6.45) is 0.845. The molecule has 0 radical (unpaired) electrons. The van der Waals surface area contributed by atoms with Gasteiger partial charge in [-0.15, -0.1) is 0 Å². The van der Waals surface area contributed by atoms with Gasteiger partial charge in [-0.25, -0.2) is 15.0 Å². The Morgan fingerprint density at radius 1 is 0.341 bits per heavy atom. The van der Waals surface area contributed by atoms with E-state index >= 15 is 0 Å². The average molecular weight is 566 g/mol. The Morgan fingerprint density at radius 2 is 0.818 bits per heavy atom. The molecule has 0 spiro atoms. The van der Waals surface area contributed by atoms with Gasteiger partial charge in [-0.2, -0.15) is 0 Å². The summed E-state index contributed by atoms with van der Waals surface area (Å²) in [4.78, 5) is 14.9. The number of nitrogens with zero attached hydrogens (tertiary/aromatic N) is 3. The molecule has 0 saturated carbocycles. The van der Waals surface area contributed by atoms with Crippen molar-refractivity contribution in [2.45, 2.75) is 13.8 Å². The molecule has 0 bridgehead atoms. The Hall–Kier alpha value is -5.67. The number of aromatic nitrogens is 3. The van der Waals surface area contributed by atoms with Crippen LogP contribution in [0.4, 0.5) is 0 Å². The first kappa shape index (κ1) is 27.2. The Kier molecular flexibility index (Phi) is 7.13. The van der Waals surface area contributed by atoms with E-state index in [4.69, 9.17) is 15.0 Å². The smallest absolute Gasteiger partial charge is 0.164 e. The quantitative estimate of drug-likeness (QED) is 0.208. The van der Waals surface area contributed by atoms with Crippen molar-refractivity contribution in [2.24, 2.45) is 0 Å². The van der Waals surface area contributed by atoms with Crippen LogP contribution >= 0.6 is 0 Å². The molecular weight excluding hydrogens is 534 g/mol. The summed E-state index contributed by atoms with van der Waals surface area (Å²) < 4.78 is 0. The molecule has 44 heavy (non-hydrogen) atoms. The van der Waals surface area contributed by atoms with Crippen molar-refractivity contribution in [3.8, 4) is 67.5 Å². The fraction of sp³-hybridized carbons (Fsp3) is 0.0488. The number of benzene rings is 6. The van der Waals surface area contributed by atoms with E-state index in [0.29, 0.717) is 17.5 Å². The Morgan fingerprint density at radius 3 is 1.45 bits per heavy atom. The van der Waals surface area contributed by atoms with E-state index in [2.05, 4.69) is 91.0 Å². The van der Waals surface area contributed by atoms with E-state index in [1.54, 1.807) is 0 Å². The molecule has 1 aliphatic rings. The molecule has 1 aromatic heterocycles. The van der Waals surface area contributed by atoms with Crippen LogP contribution in [0.15, 0.2) is 152 Å². The largest absolute Gasteiger partial charge is 0.208 e. The second-order valence-corrected chi connectivity index (χ2v) is 10.9. The van der Waals surface area contributed by atoms with Crippen LogP contribution in [0, 0.1) is 0 Å². The zero-order chi connectivity index (χ0) is 28.6. The average Bonchev–Trinajstić information content (AvgIpc) is 3.47. The van der Waals surface area contributed by atoms with E-state index in [1.165, 1.54) is 44.5 Å². The topological polar surface area (TPSA) is 38.7 Å². The summed E-state index contributed by atoms with van der Waals surface area (Å²) >= 11 is 0. The molecule has 0 amide bonds. The maximum Gasteiger partial charge on any atom is 0.164 e. The van der Waals surface area contributed by atoms with Gasteiger partial charge in [0.1, 0.15) is 0 Å². The summed E-state index contributed by atoms with van der Waals surface area (Å²) in [6, 6.07) is 53.0. The molecule has 0 aliphatic heterocycles. The SMILES string of the molecule is C.c1ccc(-c2cccc(-c3ccc4c(c3)-c3cccc(-c5nc(-c6ccccc6)nc(-c6ccccc6)n5)c3C4)c2)cc1. The molecule has 0 atom stereocenters. The van der Waals surface area contributed by atoms with E-state index in [1.807, 2.05) is 60.7 Å². The highest BCUT2D eigenvalue weighted by Gasteiger charge is 2.24. The van der Waals surface area contributed by atoms with E-state index in [9.17, 15) is 0 Å². The highest BCUT2D eigenvalue weighted by Crippen LogP contribution is 2.43. The van der Waals surface area contributed by atoms with Crippen LogP contribution in [-0.2, 0) is 6.42 Å². The van der Waals surface area contributed by atoms with Crippen molar-refractivity contribution in [3.63, 3.8) is 0 Å². The van der Waals surface area contributed by atoms with Crippen LogP contribution in [0.5, 0.6) is 0 Å². The standard InChI is InChI=1S/C40H27N3.CH4/c1-4-12-27(13-5-1)30-18-10-19-31(24-30)32-22-23-33-26-37-34(36(33)25-32)20-11-21-35(37)40-42-38(28-14-6-2-7-15-28)41-39(43-40)29-16-8-3-9-17-29;/h1-25H,26H2;1H4. The van der Waals surface area contributed by atoms with Gasteiger partial charge in [-0.05, 0) is 63.1 Å². The Labute approximate surface area is 258 Å². The lowest BCUT2D eigenvalue weighted by Gasteiger charge is -2.11. The Bertz CT molecular complexity index is 2030. The zero-order valence-electron chi connectivity index (χ0n) is 23.5. The monoisotopic (exact) mass is 565 g/mol. The van der Waals surface area contributed by atoms with Crippen LogP contribution in [-0.4, -0.2) is 15.0 Å². The third-order valence-electron chi connectivity index (χ3n) is 8.19. The summed E-state index contributed by atoms with van der Waals surface area (Å²) in [7, 11) is 0. The summed E-state index contributed by atoms with van der Waals surface area (Å²) in [5.41, 5.74) is 13.0. The van der Waals surface area contributed by atoms with Crippen molar-refractivity contribution < 1.29 is 0 Å². The highest BCUT2D eigenvalue weighted by atomic mass is 15.0. The van der Waals surface area contributed by atoms with Crippen molar-refractivity contribution in [1.82, 2.24) is 15.0 Å². The van der Waals surface area contributed by atoms with Gasteiger partial charge in [-0.1, -0.05) is 147 Å². The minimum atomic E-state index is 0.